The van der Waals surface area contributed by atoms with Gasteiger partial charge in [0.05, 0.1) is 16.8 Å². The fraction of sp³-hybridized carbons (Fsp3) is 0.238. The van der Waals surface area contributed by atoms with Crippen LogP contribution in [0.25, 0.3) is 0 Å². The van der Waals surface area contributed by atoms with E-state index in [1.807, 2.05) is 19.9 Å². The zero-order chi connectivity index (χ0) is 21.2. The predicted molar refractivity (Wildman–Crippen MR) is 111 cm³/mol. The highest BCUT2D eigenvalue weighted by molar-refractivity contribution is 6.33. The van der Waals surface area contributed by atoms with Crippen LogP contribution in [0.4, 0.5) is 0 Å². The minimum atomic E-state index is -0.780. The number of carbonyl (C=O) groups is 2. The molecule has 0 radical (unpaired) electrons. The summed E-state index contributed by atoms with van der Waals surface area (Å²) in [5, 5.41) is 15.4. The molecule has 150 valence electrons. The first-order valence-electron chi connectivity index (χ1n) is 8.90. The molecule has 29 heavy (non-hydrogen) atoms. The molecule has 7 nitrogen and oxygen atoms in total. The van der Waals surface area contributed by atoms with E-state index in [9.17, 15) is 9.59 Å². The summed E-state index contributed by atoms with van der Waals surface area (Å²) in [4.78, 5) is 24.9. The number of hydrogen-bond donors (Lipinski definition) is 2. The average Bonchev–Trinajstić information content (AvgIpc) is 2.71. The third-order valence-corrected chi connectivity index (χ3v) is 4.26. The lowest BCUT2D eigenvalue weighted by Crippen LogP contribution is -2.48. The Balaban J connectivity index is 1.97. The lowest BCUT2D eigenvalue weighted by atomic mass is 10.0. The van der Waals surface area contributed by atoms with E-state index in [0.29, 0.717) is 16.3 Å². The number of amides is 2. The van der Waals surface area contributed by atoms with E-state index in [1.54, 1.807) is 48.5 Å². The highest BCUT2D eigenvalue weighted by Crippen LogP contribution is 2.15. The van der Waals surface area contributed by atoms with E-state index >= 15 is 0 Å². The van der Waals surface area contributed by atoms with E-state index < -0.39 is 17.9 Å². The van der Waals surface area contributed by atoms with Gasteiger partial charge in [0.25, 0.3) is 11.8 Å². The molecule has 1 unspecified atom stereocenters. The first-order valence-corrected chi connectivity index (χ1v) is 9.28. The maximum absolute atomic E-state index is 12.5. The molecule has 0 fully saturated rings. The average molecular weight is 413 g/mol. The smallest absolute Gasteiger partial charge is 0.262 e. The van der Waals surface area contributed by atoms with Crippen molar-refractivity contribution in [1.29, 1.82) is 5.26 Å². The van der Waals surface area contributed by atoms with Crippen LogP contribution in [0.15, 0.2) is 53.6 Å². The molecule has 2 rings (SSSR count). The van der Waals surface area contributed by atoms with E-state index in [2.05, 4.69) is 15.8 Å². The lowest BCUT2D eigenvalue weighted by Gasteiger charge is -2.20. The molecule has 0 saturated heterocycles. The molecule has 0 aliphatic rings. The number of nitriles is 1. The van der Waals surface area contributed by atoms with Gasteiger partial charge in [-0.15, -0.1) is 0 Å². The fourth-order valence-corrected chi connectivity index (χ4v) is 2.63. The van der Waals surface area contributed by atoms with E-state index in [-0.39, 0.29) is 12.5 Å². The molecular weight excluding hydrogens is 392 g/mol. The molecule has 1 atom stereocenters. The van der Waals surface area contributed by atoms with Crippen LogP contribution in [0.3, 0.4) is 0 Å². The number of hydrogen-bond acceptors (Lipinski definition) is 5. The predicted octanol–water partition coefficient (Wildman–Crippen LogP) is 3.15. The number of halogens is 1. The van der Waals surface area contributed by atoms with Crippen molar-refractivity contribution in [3.63, 3.8) is 0 Å². The maximum Gasteiger partial charge on any atom is 0.262 e. The van der Waals surface area contributed by atoms with Crippen LogP contribution in [0.5, 0.6) is 5.75 Å². The Morgan fingerprint density at radius 3 is 2.52 bits per heavy atom. The van der Waals surface area contributed by atoms with Crippen molar-refractivity contribution < 1.29 is 14.3 Å². The number of carbonyl (C=O) groups excluding carboxylic acids is 2. The van der Waals surface area contributed by atoms with Crippen molar-refractivity contribution in [1.82, 2.24) is 10.7 Å². The molecule has 2 aromatic rings. The van der Waals surface area contributed by atoms with Gasteiger partial charge in [0.1, 0.15) is 17.9 Å². The summed E-state index contributed by atoms with van der Waals surface area (Å²) < 4.78 is 5.17. The second kappa shape index (κ2) is 10.8. The van der Waals surface area contributed by atoms with Crippen LogP contribution in [0.2, 0.25) is 5.02 Å². The van der Waals surface area contributed by atoms with Crippen molar-refractivity contribution >= 4 is 29.6 Å². The van der Waals surface area contributed by atoms with Gasteiger partial charge in [0.15, 0.2) is 6.61 Å². The Morgan fingerprint density at radius 2 is 1.90 bits per heavy atom. The van der Waals surface area contributed by atoms with Crippen molar-refractivity contribution in [2.45, 2.75) is 19.9 Å². The van der Waals surface area contributed by atoms with Gasteiger partial charge < -0.3 is 10.1 Å². The lowest BCUT2D eigenvalue weighted by molar-refractivity contribution is -0.123. The number of nitrogens with zero attached hydrogens (tertiary/aromatic N) is 2. The van der Waals surface area contributed by atoms with E-state index in [4.69, 9.17) is 21.6 Å². The van der Waals surface area contributed by atoms with Crippen LogP contribution in [-0.2, 0) is 4.79 Å². The molecular formula is C21H21ClN4O3. The molecule has 2 N–H and O–H groups in total. The second-order valence-corrected chi connectivity index (χ2v) is 6.83. The summed E-state index contributed by atoms with van der Waals surface area (Å²) in [5.41, 5.74) is 3.47. The SMILES string of the molecule is CC(C)C(NC(=O)c1ccccc1Cl)C(=O)NN=Cc1ccc(OCC#N)cc1. The third-order valence-electron chi connectivity index (χ3n) is 3.93. The number of benzene rings is 2. The van der Waals surface area contributed by atoms with Gasteiger partial charge in [-0.2, -0.15) is 10.4 Å². The summed E-state index contributed by atoms with van der Waals surface area (Å²) in [5.74, 6) is -0.463. The van der Waals surface area contributed by atoms with Gasteiger partial charge in [-0.05, 0) is 47.9 Å². The molecule has 0 aliphatic heterocycles. The quantitative estimate of drug-likeness (QED) is 0.513. The number of ether oxygens (including phenoxy) is 1. The number of hydrazone groups is 1. The first-order chi connectivity index (χ1) is 13.9. The van der Waals surface area contributed by atoms with Crippen molar-refractivity contribution in [2.75, 3.05) is 6.61 Å². The van der Waals surface area contributed by atoms with Crippen molar-refractivity contribution in [3.05, 3.63) is 64.7 Å². The second-order valence-electron chi connectivity index (χ2n) is 6.43. The summed E-state index contributed by atoms with van der Waals surface area (Å²) in [6.45, 7) is 3.61. The topological polar surface area (TPSA) is 104 Å². The van der Waals surface area contributed by atoms with Gasteiger partial charge in [-0.25, -0.2) is 5.43 Å². The van der Waals surface area contributed by atoms with Gasteiger partial charge >= 0.3 is 0 Å². The summed E-state index contributed by atoms with van der Waals surface area (Å²) in [6.07, 6.45) is 1.47. The molecule has 2 amide bonds. The highest BCUT2D eigenvalue weighted by atomic mass is 35.5. The van der Waals surface area contributed by atoms with Gasteiger partial charge in [-0.1, -0.05) is 37.6 Å². The standard InChI is InChI=1S/C21H21ClN4O3/c1-14(2)19(25-20(27)17-5-3-4-6-18(17)22)21(28)26-24-13-15-7-9-16(10-8-15)29-12-11-23/h3-10,13-14,19H,12H2,1-2H3,(H,25,27)(H,26,28). The molecule has 8 heteroatoms. The maximum atomic E-state index is 12.5. The van der Waals surface area contributed by atoms with Crippen LogP contribution in [-0.4, -0.2) is 30.7 Å². The minimum Gasteiger partial charge on any atom is -0.479 e. The minimum absolute atomic E-state index is 0.0278. The fourth-order valence-electron chi connectivity index (χ4n) is 2.41. The van der Waals surface area contributed by atoms with Gasteiger partial charge in [0, 0.05) is 0 Å². The monoisotopic (exact) mass is 412 g/mol. The van der Waals surface area contributed by atoms with E-state index in [0.717, 1.165) is 5.56 Å². The summed E-state index contributed by atoms with van der Waals surface area (Å²) in [6, 6.07) is 14.6. The van der Waals surface area contributed by atoms with Crippen LogP contribution < -0.4 is 15.5 Å². The molecule has 0 saturated carbocycles. The Hall–Kier alpha value is -3.37. The summed E-state index contributed by atoms with van der Waals surface area (Å²) in [7, 11) is 0. The molecule has 2 aromatic carbocycles. The third kappa shape index (κ3) is 6.63. The van der Waals surface area contributed by atoms with Gasteiger partial charge in [-0.3, -0.25) is 9.59 Å². The Kier molecular flexibility index (Phi) is 8.19. The van der Waals surface area contributed by atoms with Crippen LogP contribution in [0.1, 0.15) is 29.8 Å². The number of nitrogens with one attached hydrogen (secondary N) is 2. The Bertz CT molecular complexity index is 920. The van der Waals surface area contributed by atoms with E-state index in [1.165, 1.54) is 6.21 Å². The molecule has 0 heterocycles. The zero-order valence-electron chi connectivity index (χ0n) is 16.1. The zero-order valence-corrected chi connectivity index (χ0v) is 16.8. The molecule has 0 bridgehead atoms. The van der Waals surface area contributed by atoms with Crippen molar-refractivity contribution in [3.8, 4) is 11.8 Å². The Morgan fingerprint density at radius 1 is 1.21 bits per heavy atom. The first kappa shape index (κ1) is 21.9. The highest BCUT2D eigenvalue weighted by Gasteiger charge is 2.25. The Labute approximate surface area is 174 Å². The molecule has 0 aliphatic carbocycles. The normalized spacial score (nSPS) is 11.7. The number of rotatable bonds is 8. The largest absolute Gasteiger partial charge is 0.479 e. The van der Waals surface area contributed by atoms with Gasteiger partial charge in [0.2, 0.25) is 0 Å². The van der Waals surface area contributed by atoms with Crippen LogP contribution >= 0.6 is 11.6 Å². The molecule has 0 aromatic heterocycles. The van der Waals surface area contributed by atoms with Crippen molar-refractivity contribution in [2.24, 2.45) is 11.0 Å². The van der Waals surface area contributed by atoms with Crippen LogP contribution in [0, 0.1) is 17.2 Å². The summed E-state index contributed by atoms with van der Waals surface area (Å²) >= 11 is 6.04. The molecule has 0 spiro atoms.